The van der Waals surface area contributed by atoms with Crippen LogP contribution in [0.15, 0.2) is 48.5 Å². The van der Waals surface area contributed by atoms with Crippen molar-refractivity contribution in [3.8, 4) is 0 Å². The lowest BCUT2D eigenvalue weighted by molar-refractivity contribution is -0.124. The molecule has 1 saturated heterocycles. The molecule has 0 saturated carbocycles. The van der Waals surface area contributed by atoms with E-state index < -0.39 is 17.8 Å². The third kappa shape index (κ3) is 5.43. The normalized spacial score (nSPS) is 15.9. The number of carbonyl (C=O) groups excluding carboxylic acids is 3. The standard InChI is InChI=1S/C22H23FN4O3S/c1-14-3-9-18(10-4-14)27-21(30)19(26(22(27)31)12-11-24-15(2)28)13-20(29)25-17-7-5-16(23)6-8-17/h3-10,19H,11-13H2,1-2H3,(H,24,28)(H,25,29)/t19-/m0/s1. The Balaban J connectivity index is 1.79. The molecule has 1 atom stereocenters. The largest absolute Gasteiger partial charge is 0.355 e. The smallest absolute Gasteiger partial charge is 0.256 e. The van der Waals surface area contributed by atoms with Crippen LogP contribution < -0.4 is 15.5 Å². The third-order valence-corrected chi connectivity index (χ3v) is 5.26. The lowest BCUT2D eigenvalue weighted by Gasteiger charge is -2.24. The first-order valence-electron chi connectivity index (χ1n) is 9.77. The molecule has 0 radical (unpaired) electrons. The first-order chi connectivity index (χ1) is 14.8. The van der Waals surface area contributed by atoms with Crippen molar-refractivity contribution in [2.24, 2.45) is 0 Å². The van der Waals surface area contributed by atoms with Gasteiger partial charge in [0, 0.05) is 25.7 Å². The summed E-state index contributed by atoms with van der Waals surface area (Å²) >= 11 is 5.55. The molecule has 0 spiro atoms. The van der Waals surface area contributed by atoms with Crippen LogP contribution in [-0.2, 0) is 14.4 Å². The number of anilines is 2. The molecule has 31 heavy (non-hydrogen) atoms. The molecule has 3 rings (SSSR count). The second-order valence-corrected chi connectivity index (χ2v) is 7.61. The minimum atomic E-state index is -0.817. The fourth-order valence-electron chi connectivity index (χ4n) is 3.29. The average molecular weight is 443 g/mol. The predicted molar refractivity (Wildman–Crippen MR) is 120 cm³/mol. The summed E-state index contributed by atoms with van der Waals surface area (Å²) in [6, 6.07) is 11.9. The SMILES string of the molecule is CC(=O)NCCN1C(=S)N(c2ccc(C)cc2)C(=O)[C@@H]1CC(=O)Nc1ccc(F)cc1. The van der Waals surface area contributed by atoms with Gasteiger partial charge >= 0.3 is 0 Å². The van der Waals surface area contributed by atoms with Crippen molar-refractivity contribution >= 4 is 46.4 Å². The monoisotopic (exact) mass is 442 g/mol. The van der Waals surface area contributed by atoms with E-state index >= 15 is 0 Å². The Morgan fingerprint density at radius 3 is 2.35 bits per heavy atom. The van der Waals surface area contributed by atoms with E-state index in [-0.39, 0.29) is 36.4 Å². The zero-order valence-corrected chi connectivity index (χ0v) is 18.0. The summed E-state index contributed by atoms with van der Waals surface area (Å²) in [6.07, 6.45) is -0.140. The van der Waals surface area contributed by atoms with Crippen molar-refractivity contribution in [2.45, 2.75) is 26.3 Å². The van der Waals surface area contributed by atoms with Crippen LogP contribution in [0, 0.1) is 12.7 Å². The maximum absolute atomic E-state index is 13.2. The number of amides is 3. The number of nitrogens with one attached hydrogen (secondary N) is 2. The Hall–Kier alpha value is -3.33. The Morgan fingerprint density at radius 1 is 1.10 bits per heavy atom. The molecule has 1 heterocycles. The molecule has 0 bridgehead atoms. The lowest BCUT2D eigenvalue weighted by atomic mass is 10.1. The van der Waals surface area contributed by atoms with Crippen molar-refractivity contribution < 1.29 is 18.8 Å². The van der Waals surface area contributed by atoms with Crippen molar-refractivity contribution in [2.75, 3.05) is 23.3 Å². The molecule has 1 aliphatic rings. The zero-order chi connectivity index (χ0) is 22.5. The van der Waals surface area contributed by atoms with E-state index in [0.717, 1.165) is 5.56 Å². The molecule has 0 aliphatic carbocycles. The van der Waals surface area contributed by atoms with Gasteiger partial charge in [-0.3, -0.25) is 19.3 Å². The van der Waals surface area contributed by atoms with Gasteiger partial charge in [0.05, 0.1) is 12.1 Å². The maximum Gasteiger partial charge on any atom is 0.256 e. The van der Waals surface area contributed by atoms with Crippen LogP contribution in [0.4, 0.5) is 15.8 Å². The Kier molecular flexibility index (Phi) is 6.96. The van der Waals surface area contributed by atoms with Crippen LogP contribution in [-0.4, -0.2) is 46.9 Å². The summed E-state index contributed by atoms with van der Waals surface area (Å²) in [7, 11) is 0. The van der Waals surface area contributed by atoms with Gasteiger partial charge in [-0.15, -0.1) is 0 Å². The van der Waals surface area contributed by atoms with Gasteiger partial charge in [0.2, 0.25) is 11.8 Å². The molecule has 2 aromatic rings. The number of hydrogen-bond donors (Lipinski definition) is 2. The molecule has 3 amide bonds. The van der Waals surface area contributed by atoms with Gasteiger partial charge in [-0.2, -0.15) is 0 Å². The molecule has 1 aliphatic heterocycles. The average Bonchev–Trinajstić information content (AvgIpc) is 2.94. The number of rotatable bonds is 7. The quantitative estimate of drug-likeness (QED) is 0.645. The van der Waals surface area contributed by atoms with Gasteiger partial charge in [-0.25, -0.2) is 4.39 Å². The summed E-state index contributed by atoms with van der Waals surface area (Å²) in [5.74, 6) is -1.32. The highest BCUT2D eigenvalue weighted by molar-refractivity contribution is 7.80. The molecular weight excluding hydrogens is 419 g/mol. The highest BCUT2D eigenvalue weighted by Crippen LogP contribution is 2.27. The van der Waals surface area contributed by atoms with Crippen LogP contribution >= 0.6 is 12.2 Å². The minimum absolute atomic E-state index is 0.140. The van der Waals surface area contributed by atoms with E-state index in [9.17, 15) is 18.8 Å². The zero-order valence-electron chi connectivity index (χ0n) is 17.2. The number of nitrogens with zero attached hydrogens (tertiary/aromatic N) is 2. The Labute approximate surface area is 185 Å². The molecule has 2 aromatic carbocycles. The van der Waals surface area contributed by atoms with Crippen molar-refractivity contribution in [1.29, 1.82) is 0 Å². The van der Waals surface area contributed by atoms with Crippen LogP contribution in [0.1, 0.15) is 18.9 Å². The van der Waals surface area contributed by atoms with E-state index in [2.05, 4.69) is 10.6 Å². The van der Waals surface area contributed by atoms with Gasteiger partial charge < -0.3 is 15.5 Å². The van der Waals surface area contributed by atoms with Crippen LogP contribution in [0.3, 0.4) is 0 Å². The number of carbonyl (C=O) groups is 3. The first kappa shape index (κ1) is 22.4. The predicted octanol–water partition coefficient (Wildman–Crippen LogP) is 2.60. The topological polar surface area (TPSA) is 81.8 Å². The highest BCUT2D eigenvalue weighted by atomic mass is 32.1. The van der Waals surface area contributed by atoms with Crippen LogP contribution in [0.25, 0.3) is 0 Å². The van der Waals surface area contributed by atoms with E-state index in [1.807, 2.05) is 19.1 Å². The molecule has 7 nitrogen and oxygen atoms in total. The van der Waals surface area contributed by atoms with E-state index in [1.165, 1.54) is 36.1 Å². The van der Waals surface area contributed by atoms with Crippen molar-refractivity contribution in [3.63, 3.8) is 0 Å². The summed E-state index contributed by atoms with van der Waals surface area (Å²) in [5.41, 5.74) is 2.09. The summed E-state index contributed by atoms with van der Waals surface area (Å²) in [5, 5.41) is 5.63. The molecule has 162 valence electrons. The van der Waals surface area contributed by atoms with Crippen molar-refractivity contribution in [1.82, 2.24) is 10.2 Å². The summed E-state index contributed by atoms with van der Waals surface area (Å²) in [6.45, 7) is 3.90. The number of thiocarbonyl (C=S) groups is 1. The van der Waals surface area contributed by atoms with E-state index in [0.29, 0.717) is 11.4 Å². The third-order valence-electron chi connectivity index (χ3n) is 4.84. The highest BCUT2D eigenvalue weighted by Gasteiger charge is 2.43. The summed E-state index contributed by atoms with van der Waals surface area (Å²) < 4.78 is 13.1. The van der Waals surface area contributed by atoms with Gasteiger partial charge in [0.15, 0.2) is 5.11 Å². The number of benzene rings is 2. The maximum atomic E-state index is 13.2. The Morgan fingerprint density at radius 2 is 1.74 bits per heavy atom. The van der Waals surface area contributed by atoms with Crippen LogP contribution in [0.5, 0.6) is 0 Å². The van der Waals surface area contributed by atoms with E-state index in [1.54, 1.807) is 17.0 Å². The second kappa shape index (κ2) is 9.65. The molecular formula is C22H23FN4O3S. The van der Waals surface area contributed by atoms with E-state index in [4.69, 9.17) is 12.2 Å². The van der Waals surface area contributed by atoms with Gasteiger partial charge in [-0.05, 0) is 55.5 Å². The number of hydrogen-bond acceptors (Lipinski definition) is 4. The molecule has 0 unspecified atom stereocenters. The molecule has 9 heteroatoms. The minimum Gasteiger partial charge on any atom is -0.355 e. The van der Waals surface area contributed by atoms with Gasteiger partial charge in [0.25, 0.3) is 5.91 Å². The summed E-state index contributed by atoms with van der Waals surface area (Å²) in [4.78, 5) is 40.1. The fourth-order valence-corrected chi connectivity index (χ4v) is 3.71. The molecule has 1 fully saturated rings. The fraction of sp³-hybridized carbons (Fsp3) is 0.273. The van der Waals surface area contributed by atoms with Gasteiger partial charge in [0.1, 0.15) is 11.9 Å². The number of halogens is 1. The molecule has 0 aromatic heterocycles. The van der Waals surface area contributed by atoms with Gasteiger partial charge in [-0.1, -0.05) is 17.7 Å². The number of aryl methyl sites for hydroxylation is 1. The first-order valence-corrected chi connectivity index (χ1v) is 10.2. The Bertz CT molecular complexity index is 995. The lowest BCUT2D eigenvalue weighted by Crippen LogP contribution is -2.42. The van der Waals surface area contributed by atoms with Crippen LogP contribution in [0.2, 0.25) is 0 Å². The van der Waals surface area contributed by atoms with Crippen molar-refractivity contribution in [3.05, 3.63) is 59.9 Å². The molecule has 2 N–H and O–H groups in total. The second-order valence-electron chi connectivity index (χ2n) is 7.24.